The van der Waals surface area contributed by atoms with Gasteiger partial charge in [0.05, 0.1) is 6.04 Å². The van der Waals surface area contributed by atoms with E-state index in [0.717, 1.165) is 5.46 Å². The molecule has 0 spiro atoms. The third kappa shape index (κ3) is 1.72. The number of rotatable bonds is 1. The maximum absolute atomic E-state index is 5.83. The van der Waals surface area contributed by atoms with Gasteiger partial charge in [-0.2, -0.15) is 0 Å². The summed E-state index contributed by atoms with van der Waals surface area (Å²) in [4.78, 5) is 2.41. The predicted molar refractivity (Wildman–Crippen MR) is 89.8 cm³/mol. The zero-order valence-corrected chi connectivity index (χ0v) is 12.0. The summed E-state index contributed by atoms with van der Waals surface area (Å²) < 4.78 is 0. The molecule has 2 aromatic carbocycles. The minimum atomic E-state index is 0.0206. The summed E-state index contributed by atoms with van der Waals surface area (Å²) in [6, 6.07) is 17.1. The standard InChI is InChI=1S/C19H16BN/c1-19-13-5-4-8-18(19)21(15-11-9-14(20)10-12-15)17-7-3-2-6-16(17)19/h2-13,18H,1H3. The lowest BCUT2D eigenvalue weighted by atomic mass is 9.76. The van der Waals surface area contributed by atoms with Crippen LogP contribution in [0.5, 0.6) is 0 Å². The average molecular weight is 269 g/mol. The van der Waals surface area contributed by atoms with Gasteiger partial charge in [0.15, 0.2) is 0 Å². The van der Waals surface area contributed by atoms with Gasteiger partial charge < -0.3 is 4.90 Å². The molecule has 0 bridgehead atoms. The van der Waals surface area contributed by atoms with Crippen LogP contribution in [0.2, 0.25) is 0 Å². The van der Waals surface area contributed by atoms with Gasteiger partial charge in [0.2, 0.25) is 0 Å². The molecule has 0 aromatic heterocycles. The van der Waals surface area contributed by atoms with Crippen molar-refractivity contribution >= 4 is 24.7 Å². The van der Waals surface area contributed by atoms with Gasteiger partial charge >= 0.3 is 0 Å². The van der Waals surface area contributed by atoms with Crippen LogP contribution in [0.4, 0.5) is 11.4 Å². The molecule has 1 heterocycles. The first-order valence-corrected chi connectivity index (χ1v) is 7.30. The van der Waals surface area contributed by atoms with Crippen molar-refractivity contribution in [2.75, 3.05) is 4.90 Å². The zero-order valence-electron chi connectivity index (χ0n) is 12.0. The van der Waals surface area contributed by atoms with E-state index >= 15 is 0 Å². The van der Waals surface area contributed by atoms with Crippen LogP contribution in [0.25, 0.3) is 0 Å². The minimum Gasteiger partial charge on any atom is -0.333 e. The Bertz CT molecular complexity index is 744. The molecule has 2 unspecified atom stereocenters. The van der Waals surface area contributed by atoms with Gasteiger partial charge in [0.1, 0.15) is 7.85 Å². The first kappa shape index (κ1) is 12.5. The summed E-state index contributed by atoms with van der Waals surface area (Å²) in [5.41, 5.74) is 4.67. The highest BCUT2D eigenvalue weighted by atomic mass is 15.2. The largest absolute Gasteiger partial charge is 0.333 e. The van der Waals surface area contributed by atoms with Crippen molar-refractivity contribution in [1.82, 2.24) is 0 Å². The van der Waals surface area contributed by atoms with Gasteiger partial charge in [-0.3, -0.25) is 0 Å². The van der Waals surface area contributed by atoms with E-state index in [-0.39, 0.29) is 5.41 Å². The molecular formula is C19H16BN. The van der Waals surface area contributed by atoms with Crippen LogP contribution in [-0.4, -0.2) is 13.9 Å². The van der Waals surface area contributed by atoms with Crippen LogP contribution in [-0.2, 0) is 5.41 Å². The molecular weight excluding hydrogens is 253 g/mol. The molecule has 4 rings (SSSR count). The van der Waals surface area contributed by atoms with Crippen molar-refractivity contribution in [3.05, 3.63) is 78.4 Å². The molecule has 2 aromatic rings. The van der Waals surface area contributed by atoms with Crippen LogP contribution in [0.3, 0.4) is 0 Å². The van der Waals surface area contributed by atoms with Crippen molar-refractivity contribution in [3.63, 3.8) is 0 Å². The van der Waals surface area contributed by atoms with Crippen molar-refractivity contribution in [1.29, 1.82) is 0 Å². The normalized spacial score (nSPS) is 25.8. The zero-order chi connectivity index (χ0) is 14.4. The smallest absolute Gasteiger partial charge is 0.113 e. The topological polar surface area (TPSA) is 3.24 Å². The van der Waals surface area contributed by atoms with Gasteiger partial charge in [0.25, 0.3) is 0 Å². The fraction of sp³-hybridized carbons (Fsp3) is 0.158. The first-order valence-electron chi connectivity index (χ1n) is 7.30. The van der Waals surface area contributed by atoms with Gasteiger partial charge in [-0.05, 0) is 30.7 Å². The van der Waals surface area contributed by atoms with Crippen LogP contribution >= 0.6 is 0 Å². The van der Waals surface area contributed by atoms with Gasteiger partial charge in [0, 0.05) is 16.8 Å². The van der Waals surface area contributed by atoms with Crippen LogP contribution in [0, 0.1) is 0 Å². The Kier molecular flexibility index (Phi) is 2.62. The van der Waals surface area contributed by atoms with Crippen molar-refractivity contribution in [2.24, 2.45) is 0 Å². The predicted octanol–water partition coefficient (Wildman–Crippen LogP) is 3.38. The number of hydrogen-bond acceptors (Lipinski definition) is 1. The monoisotopic (exact) mass is 269 g/mol. The number of nitrogens with zero attached hydrogens (tertiary/aromatic N) is 1. The molecule has 2 aliphatic rings. The van der Waals surface area contributed by atoms with Crippen molar-refractivity contribution in [2.45, 2.75) is 18.4 Å². The number of para-hydroxylation sites is 1. The van der Waals surface area contributed by atoms with E-state index < -0.39 is 0 Å². The minimum absolute atomic E-state index is 0.0206. The molecule has 1 nitrogen and oxygen atoms in total. The first-order chi connectivity index (χ1) is 10.2. The van der Waals surface area contributed by atoms with E-state index in [4.69, 9.17) is 7.85 Å². The Labute approximate surface area is 127 Å². The Balaban J connectivity index is 1.93. The van der Waals surface area contributed by atoms with Gasteiger partial charge in [-0.15, -0.1) is 0 Å². The number of fused-ring (bicyclic) bond motifs is 3. The summed E-state index contributed by atoms with van der Waals surface area (Å²) in [7, 11) is 5.83. The summed E-state index contributed by atoms with van der Waals surface area (Å²) in [5.74, 6) is 0. The fourth-order valence-electron chi connectivity index (χ4n) is 3.55. The number of benzene rings is 2. The molecule has 0 saturated heterocycles. The van der Waals surface area contributed by atoms with E-state index in [1.165, 1.54) is 16.9 Å². The third-order valence-electron chi connectivity index (χ3n) is 4.65. The van der Waals surface area contributed by atoms with Gasteiger partial charge in [-0.1, -0.05) is 60.1 Å². The second-order valence-corrected chi connectivity index (χ2v) is 5.95. The van der Waals surface area contributed by atoms with E-state index in [9.17, 15) is 0 Å². The lowest BCUT2D eigenvalue weighted by molar-refractivity contribution is 0.551. The third-order valence-corrected chi connectivity index (χ3v) is 4.65. The number of hydrogen-bond donors (Lipinski definition) is 0. The molecule has 1 aliphatic carbocycles. The Hall–Kier alpha value is -2.22. The molecule has 0 N–H and O–H groups in total. The molecule has 1 aliphatic heterocycles. The summed E-state index contributed by atoms with van der Waals surface area (Å²) >= 11 is 0. The SMILES string of the molecule is [B]c1ccc(N2c3ccccc3C3(C)C=CC=CC23)cc1. The average Bonchev–Trinajstić information content (AvgIpc) is 2.78. The number of anilines is 2. The molecule has 100 valence electrons. The Morgan fingerprint density at radius 2 is 1.76 bits per heavy atom. The van der Waals surface area contributed by atoms with Crippen molar-refractivity contribution < 1.29 is 0 Å². The summed E-state index contributed by atoms with van der Waals surface area (Å²) in [5, 5.41) is 0. The number of allylic oxidation sites excluding steroid dienone is 2. The molecule has 21 heavy (non-hydrogen) atoms. The van der Waals surface area contributed by atoms with Crippen LogP contribution < -0.4 is 10.4 Å². The van der Waals surface area contributed by atoms with E-state index in [0.29, 0.717) is 6.04 Å². The second kappa shape index (κ2) is 4.39. The second-order valence-electron chi connectivity index (χ2n) is 5.95. The Morgan fingerprint density at radius 1 is 1.00 bits per heavy atom. The maximum Gasteiger partial charge on any atom is 0.113 e. The van der Waals surface area contributed by atoms with Crippen LogP contribution in [0.1, 0.15) is 12.5 Å². The summed E-state index contributed by atoms with van der Waals surface area (Å²) in [6.07, 6.45) is 8.90. The lowest BCUT2D eigenvalue weighted by Crippen LogP contribution is -2.39. The summed E-state index contributed by atoms with van der Waals surface area (Å²) in [6.45, 7) is 2.31. The quantitative estimate of drug-likeness (QED) is 0.717. The highest BCUT2D eigenvalue weighted by Crippen LogP contribution is 2.50. The molecule has 0 saturated carbocycles. The van der Waals surface area contributed by atoms with E-state index in [2.05, 4.69) is 72.5 Å². The van der Waals surface area contributed by atoms with Crippen molar-refractivity contribution in [3.8, 4) is 0 Å². The highest BCUT2D eigenvalue weighted by Gasteiger charge is 2.45. The lowest BCUT2D eigenvalue weighted by Gasteiger charge is -2.34. The van der Waals surface area contributed by atoms with Crippen LogP contribution in [0.15, 0.2) is 72.8 Å². The van der Waals surface area contributed by atoms with E-state index in [1.807, 2.05) is 12.1 Å². The van der Waals surface area contributed by atoms with E-state index in [1.54, 1.807) is 0 Å². The fourth-order valence-corrected chi connectivity index (χ4v) is 3.55. The molecule has 2 radical (unpaired) electrons. The molecule has 0 fully saturated rings. The molecule has 2 atom stereocenters. The Morgan fingerprint density at radius 3 is 2.57 bits per heavy atom. The van der Waals surface area contributed by atoms with Gasteiger partial charge in [-0.25, -0.2) is 0 Å². The molecule has 0 amide bonds. The maximum atomic E-state index is 5.83. The highest BCUT2D eigenvalue weighted by molar-refractivity contribution is 6.32. The molecule has 2 heteroatoms.